The van der Waals surface area contributed by atoms with Crippen LogP contribution in [0.15, 0.2) is 0 Å². The van der Waals surface area contributed by atoms with Crippen molar-refractivity contribution < 1.29 is 9.47 Å². The van der Waals surface area contributed by atoms with Crippen LogP contribution in [0.4, 0.5) is 0 Å². The Morgan fingerprint density at radius 3 is 2.93 bits per heavy atom. The van der Waals surface area contributed by atoms with E-state index in [1.807, 2.05) is 0 Å². The number of likely N-dealkylation sites (tertiary alicyclic amines) is 1. The summed E-state index contributed by atoms with van der Waals surface area (Å²) in [4.78, 5) is 2.36. The Bertz CT molecular complexity index is 155. The lowest BCUT2D eigenvalue weighted by Gasteiger charge is -2.33. The normalized spacial score (nSPS) is 26.4. The lowest BCUT2D eigenvalue weighted by atomic mass is 10.1. The number of nitrogens with two attached hydrogens (primary N) is 1. The van der Waals surface area contributed by atoms with E-state index in [9.17, 15) is 0 Å². The average Bonchev–Trinajstić information content (AvgIpc) is 2.18. The number of hydrogen-bond acceptors (Lipinski definition) is 4. The van der Waals surface area contributed by atoms with Crippen molar-refractivity contribution in [3.05, 3.63) is 0 Å². The zero-order valence-electron chi connectivity index (χ0n) is 9.24. The maximum atomic E-state index is 5.89. The fourth-order valence-corrected chi connectivity index (χ4v) is 1.97. The molecule has 4 heteroatoms. The second-order valence-corrected chi connectivity index (χ2v) is 3.97. The summed E-state index contributed by atoms with van der Waals surface area (Å²) in [7, 11) is 3.47. The maximum Gasteiger partial charge on any atom is 0.0698 e. The Kier molecular flexibility index (Phi) is 5.40. The van der Waals surface area contributed by atoms with Gasteiger partial charge in [0.2, 0.25) is 0 Å². The molecule has 1 saturated heterocycles. The molecule has 0 radical (unpaired) electrons. The zero-order valence-corrected chi connectivity index (χ0v) is 9.24. The first-order chi connectivity index (χ1) is 6.76. The van der Waals surface area contributed by atoms with Crippen molar-refractivity contribution in [1.29, 1.82) is 0 Å². The van der Waals surface area contributed by atoms with Crippen molar-refractivity contribution in [3.63, 3.8) is 0 Å². The van der Waals surface area contributed by atoms with Gasteiger partial charge in [0, 0.05) is 33.4 Å². The molecule has 0 aromatic carbocycles. The molecule has 0 amide bonds. The standard InChI is InChI=1S/C10H22N2O2/c1-13-8-9(11)6-12-5-3-4-10(7-12)14-2/h9-10H,3-8,11H2,1-2H3. The van der Waals surface area contributed by atoms with Gasteiger partial charge in [-0.25, -0.2) is 0 Å². The Morgan fingerprint density at radius 1 is 1.50 bits per heavy atom. The van der Waals surface area contributed by atoms with Crippen LogP contribution in [0, 0.1) is 0 Å². The number of rotatable bonds is 5. The molecular formula is C10H22N2O2. The number of hydrogen-bond donors (Lipinski definition) is 1. The van der Waals surface area contributed by atoms with Crippen LogP contribution in [-0.4, -0.2) is 57.5 Å². The van der Waals surface area contributed by atoms with E-state index >= 15 is 0 Å². The van der Waals surface area contributed by atoms with E-state index in [0.717, 1.165) is 19.6 Å². The predicted molar refractivity (Wildman–Crippen MR) is 56.3 cm³/mol. The van der Waals surface area contributed by atoms with Gasteiger partial charge in [0.25, 0.3) is 0 Å². The Balaban J connectivity index is 2.22. The fraction of sp³-hybridized carbons (Fsp3) is 1.00. The first kappa shape index (κ1) is 11.9. The molecule has 1 heterocycles. The molecule has 84 valence electrons. The van der Waals surface area contributed by atoms with Crippen molar-refractivity contribution in [2.24, 2.45) is 5.73 Å². The van der Waals surface area contributed by atoms with Gasteiger partial charge in [0.05, 0.1) is 12.7 Å². The maximum absolute atomic E-state index is 5.89. The summed E-state index contributed by atoms with van der Waals surface area (Å²) in [6.45, 7) is 3.69. The molecule has 2 atom stereocenters. The molecule has 0 bridgehead atoms. The Labute approximate surface area is 86.3 Å². The van der Waals surface area contributed by atoms with Gasteiger partial charge < -0.3 is 15.2 Å². The van der Waals surface area contributed by atoms with Crippen molar-refractivity contribution in [1.82, 2.24) is 4.90 Å². The van der Waals surface area contributed by atoms with Crippen molar-refractivity contribution in [2.75, 3.05) is 40.5 Å². The molecule has 2 unspecified atom stereocenters. The van der Waals surface area contributed by atoms with Crippen LogP contribution in [0.5, 0.6) is 0 Å². The van der Waals surface area contributed by atoms with Crippen LogP contribution in [0.2, 0.25) is 0 Å². The molecule has 0 aromatic heterocycles. The summed E-state index contributed by atoms with van der Waals surface area (Å²) < 4.78 is 10.4. The van der Waals surface area contributed by atoms with Crippen LogP contribution < -0.4 is 5.73 Å². The summed E-state index contributed by atoms with van der Waals surface area (Å²) >= 11 is 0. The fourth-order valence-electron chi connectivity index (χ4n) is 1.97. The molecular weight excluding hydrogens is 180 g/mol. The summed E-state index contributed by atoms with van der Waals surface area (Å²) in [5.41, 5.74) is 5.89. The summed E-state index contributed by atoms with van der Waals surface area (Å²) in [6, 6.07) is 0.121. The minimum absolute atomic E-state index is 0.121. The van der Waals surface area contributed by atoms with Crippen LogP contribution >= 0.6 is 0 Å². The highest BCUT2D eigenvalue weighted by Gasteiger charge is 2.20. The smallest absolute Gasteiger partial charge is 0.0698 e. The van der Waals surface area contributed by atoms with Crippen molar-refractivity contribution >= 4 is 0 Å². The summed E-state index contributed by atoms with van der Waals surface area (Å²) in [5, 5.41) is 0. The van der Waals surface area contributed by atoms with Gasteiger partial charge >= 0.3 is 0 Å². The predicted octanol–water partition coefficient (Wildman–Crippen LogP) is 0.0709. The number of methoxy groups -OCH3 is 2. The molecule has 14 heavy (non-hydrogen) atoms. The zero-order chi connectivity index (χ0) is 10.4. The minimum atomic E-state index is 0.121. The van der Waals surface area contributed by atoms with E-state index in [0.29, 0.717) is 12.7 Å². The van der Waals surface area contributed by atoms with Crippen LogP contribution in [0.1, 0.15) is 12.8 Å². The van der Waals surface area contributed by atoms with Crippen LogP contribution in [-0.2, 0) is 9.47 Å². The lowest BCUT2D eigenvalue weighted by Crippen LogP contribution is -2.46. The minimum Gasteiger partial charge on any atom is -0.383 e. The first-order valence-corrected chi connectivity index (χ1v) is 5.26. The number of ether oxygens (including phenoxy) is 2. The van der Waals surface area contributed by atoms with E-state index in [-0.39, 0.29) is 6.04 Å². The number of piperidine rings is 1. The highest BCUT2D eigenvalue weighted by atomic mass is 16.5. The molecule has 1 aliphatic heterocycles. The van der Waals surface area contributed by atoms with Gasteiger partial charge in [-0.2, -0.15) is 0 Å². The topological polar surface area (TPSA) is 47.7 Å². The van der Waals surface area contributed by atoms with Gasteiger partial charge in [0.1, 0.15) is 0 Å². The van der Waals surface area contributed by atoms with Gasteiger partial charge in [-0.3, -0.25) is 4.90 Å². The second-order valence-electron chi connectivity index (χ2n) is 3.97. The lowest BCUT2D eigenvalue weighted by molar-refractivity contribution is 0.0260. The largest absolute Gasteiger partial charge is 0.383 e. The SMILES string of the molecule is COCC(N)CN1CCCC(OC)C1. The Hall–Kier alpha value is -0.160. The molecule has 0 aliphatic carbocycles. The molecule has 0 spiro atoms. The monoisotopic (exact) mass is 202 g/mol. The molecule has 1 fully saturated rings. The summed E-state index contributed by atoms with van der Waals surface area (Å²) in [6.07, 6.45) is 2.77. The van der Waals surface area contributed by atoms with E-state index in [4.69, 9.17) is 15.2 Å². The van der Waals surface area contributed by atoms with Crippen LogP contribution in [0.25, 0.3) is 0 Å². The highest BCUT2D eigenvalue weighted by molar-refractivity contribution is 4.76. The van der Waals surface area contributed by atoms with E-state index in [1.165, 1.54) is 12.8 Å². The van der Waals surface area contributed by atoms with Crippen molar-refractivity contribution in [3.8, 4) is 0 Å². The van der Waals surface area contributed by atoms with Gasteiger partial charge in [-0.15, -0.1) is 0 Å². The van der Waals surface area contributed by atoms with Gasteiger partial charge in [-0.1, -0.05) is 0 Å². The van der Waals surface area contributed by atoms with Crippen molar-refractivity contribution in [2.45, 2.75) is 25.0 Å². The van der Waals surface area contributed by atoms with E-state index in [1.54, 1.807) is 14.2 Å². The highest BCUT2D eigenvalue weighted by Crippen LogP contribution is 2.12. The average molecular weight is 202 g/mol. The molecule has 0 saturated carbocycles. The first-order valence-electron chi connectivity index (χ1n) is 5.26. The quantitative estimate of drug-likeness (QED) is 0.685. The van der Waals surface area contributed by atoms with Gasteiger partial charge in [0.15, 0.2) is 0 Å². The summed E-state index contributed by atoms with van der Waals surface area (Å²) in [5.74, 6) is 0. The number of nitrogens with zero attached hydrogens (tertiary/aromatic N) is 1. The second kappa shape index (κ2) is 6.35. The van der Waals surface area contributed by atoms with Gasteiger partial charge in [-0.05, 0) is 19.4 Å². The third-order valence-corrected chi connectivity index (χ3v) is 2.67. The molecule has 4 nitrogen and oxygen atoms in total. The molecule has 1 rings (SSSR count). The Morgan fingerprint density at radius 2 is 2.29 bits per heavy atom. The molecule has 0 aromatic rings. The molecule has 2 N–H and O–H groups in total. The molecule has 1 aliphatic rings. The van der Waals surface area contributed by atoms with E-state index in [2.05, 4.69) is 4.90 Å². The third kappa shape index (κ3) is 3.92. The van der Waals surface area contributed by atoms with Crippen LogP contribution in [0.3, 0.4) is 0 Å². The van der Waals surface area contributed by atoms with E-state index < -0.39 is 0 Å². The third-order valence-electron chi connectivity index (χ3n) is 2.67.